The van der Waals surface area contributed by atoms with Crippen molar-refractivity contribution in [3.63, 3.8) is 0 Å². The Morgan fingerprint density at radius 3 is 2.72 bits per heavy atom. The fourth-order valence-electron chi connectivity index (χ4n) is 1.21. The molecule has 0 saturated carbocycles. The fourth-order valence-corrected chi connectivity index (χ4v) is 1.21. The normalized spacial score (nSPS) is 11.5. The summed E-state index contributed by atoms with van der Waals surface area (Å²) in [6.07, 6.45) is 5.24. The number of hydrogen-bond acceptors (Lipinski definition) is 2. The van der Waals surface area contributed by atoms with Gasteiger partial charge in [-0.15, -0.1) is 0 Å². The predicted octanol–water partition coefficient (Wildman–Crippen LogP) is 3.72. The molecule has 0 saturated heterocycles. The van der Waals surface area contributed by atoms with E-state index in [0.717, 1.165) is 5.56 Å². The molecule has 18 heavy (non-hydrogen) atoms. The van der Waals surface area contributed by atoms with E-state index in [1.807, 2.05) is 30.3 Å². The van der Waals surface area contributed by atoms with Gasteiger partial charge in [0, 0.05) is 0 Å². The van der Waals surface area contributed by atoms with Crippen LogP contribution in [0.4, 0.5) is 4.39 Å². The lowest BCUT2D eigenvalue weighted by Crippen LogP contribution is -2.02. The Labute approximate surface area is 106 Å². The lowest BCUT2D eigenvalue weighted by atomic mass is 10.2. The summed E-state index contributed by atoms with van der Waals surface area (Å²) in [7, 11) is 0. The highest BCUT2D eigenvalue weighted by Crippen LogP contribution is 2.04. The van der Waals surface area contributed by atoms with Crippen LogP contribution in [0.1, 0.15) is 12.0 Å². The van der Waals surface area contributed by atoms with Crippen LogP contribution >= 0.6 is 0 Å². The van der Waals surface area contributed by atoms with Gasteiger partial charge in [-0.05, 0) is 17.7 Å². The standard InChI is InChI=1S/C15H15FO2/c1-2-3-9-14(16)10-11-15(17)18-12-13-7-5-4-6-8-13/h2-10H,1,11-12H2/b9-3-,14-10-. The summed E-state index contributed by atoms with van der Waals surface area (Å²) in [5.74, 6) is -0.937. The molecule has 0 atom stereocenters. The van der Waals surface area contributed by atoms with Crippen molar-refractivity contribution < 1.29 is 13.9 Å². The molecule has 0 aliphatic rings. The number of carbonyl (C=O) groups excluding carboxylic acids is 1. The number of benzene rings is 1. The Hall–Kier alpha value is -2.16. The Balaban J connectivity index is 2.34. The van der Waals surface area contributed by atoms with Crippen LogP contribution in [0.15, 0.2) is 67.0 Å². The second-order valence-corrected chi connectivity index (χ2v) is 3.53. The lowest BCUT2D eigenvalue weighted by molar-refractivity contribution is -0.143. The van der Waals surface area contributed by atoms with E-state index < -0.39 is 11.8 Å². The number of rotatable bonds is 6. The summed E-state index contributed by atoms with van der Waals surface area (Å²) >= 11 is 0. The fraction of sp³-hybridized carbons (Fsp3) is 0.133. The molecule has 0 bridgehead atoms. The smallest absolute Gasteiger partial charge is 0.310 e. The molecule has 0 spiro atoms. The highest BCUT2D eigenvalue weighted by Gasteiger charge is 2.01. The molecule has 2 nitrogen and oxygen atoms in total. The molecule has 0 unspecified atom stereocenters. The van der Waals surface area contributed by atoms with Gasteiger partial charge in [-0.3, -0.25) is 4.79 Å². The van der Waals surface area contributed by atoms with Crippen LogP contribution in [0.3, 0.4) is 0 Å². The van der Waals surface area contributed by atoms with Crippen LogP contribution < -0.4 is 0 Å². The molecule has 0 fully saturated rings. The van der Waals surface area contributed by atoms with E-state index in [2.05, 4.69) is 6.58 Å². The molecule has 0 heterocycles. The van der Waals surface area contributed by atoms with Gasteiger partial charge in [-0.1, -0.05) is 49.1 Å². The molecule has 0 aliphatic heterocycles. The topological polar surface area (TPSA) is 26.3 Å². The second-order valence-electron chi connectivity index (χ2n) is 3.53. The van der Waals surface area contributed by atoms with Gasteiger partial charge < -0.3 is 4.74 Å². The predicted molar refractivity (Wildman–Crippen MR) is 69.4 cm³/mol. The lowest BCUT2D eigenvalue weighted by Gasteiger charge is -2.02. The van der Waals surface area contributed by atoms with E-state index in [9.17, 15) is 9.18 Å². The van der Waals surface area contributed by atoms with Crippen molar-refractivity contribution in [1.29, 1.82) is 0 Å². The van der Waals surface area contributed by atoms with Crippen molar-refractivity contribution in [2.24, 2.45) is 0 Å². The Kier molecular flexibility index (Phi) is 6.19. The maximum atomic E-state index is 13.0. The summed E-state index contributed by atoms with van der Waals surface area (Å²) in [5, 5.41) is 0. The zero-order chi connectivity index (χ0) is 13.2. The Morgan fingerprint density at radius 1 is 1.33 bits per heavy atom. The van der Waals surface area contributed by atoms with E-state index in [-0.39, 0.29) is 13.0 Å². The molecule has 1 aromatic carbocycles. The van der Waals surface area contributed by atoms with Crippen molar-refractivity contribution >= 4 is 5.97 Å². The molecular weight excluding hydrogens is 231 g/mol. The Morgan fingerprint density at radius 2 is 2.06 bits per heavy atom. The summed E-state index contributed by atoms with van der Waals surface area (Å²) in [5.41, 5.74) is 0.904. The molecule has 0 amide bonds. The molecule has 0 N–H and O–H groups in total. The molecule has 1 aromatic rings. The zero-order valence-electron chi connectivity index (χ0n) is 10.0. The minimum Gasteiger partial charge on any atom is -0.461 e. The average Bonchev–Trinajstić information content (AvgIpc) is 2.41. The maximum Gasteiger partial charge on any atom is 0.310 e. The summed E-state index contributed by atoms with van der Waals surface area (Å²) < 4.78 is 18.0. The number of esters is 1. The first-order valence-corrected chi connectivity index (χ1v) is 5.56. The Bertz CT molecular complexity index is 447. The molecule has 0 radical (unpaired) electrons. The van der Waals surface area contributed by atoms with Gasteiger partial charge in [0.25, 0.3) is 0 Å². The number of halogens is 1. The van der Waals surface area contributed by atoms with E-state index in [0.29, 0.717) is 0 Å². The van der Waals surface area contributed by atoms with Crippen molar-refractivity contribution in [2.45, 2.75) is 13.0 Å². The molecule has 0 aliphatic carbocycles. The number of ether oxygens (including phenoxy) is 1. The summed E-state index contributed by atoms with van der Waals surface area (Å²) in [4.78, 5) is 11.3. The van der Waals surface area contributed by atoms with Gasteiger partial charge in [-0.25, -0.2) is 4.39 Å². The zero-order valence-corrected chi connectivity index (χ0v) is 10.0. The van der Waals surface area contributed by atoms with E-state index in [1.165, 1.54) is 24.3 Å². The minimum absolute atomic E-state index is 0.0832. The molecule has 3 heteroatoms. The van der Waals surface area contributed by atoms with Crippen molar-refractivity contribution in [3.05, 3.63) is 72.6 Å². The first-order valence-electron chi connectivity index (χ1n) is 5.56. The van der Waals surface area contributed by atoms with Crippen molar-refractivity contribution in [3.8, 4) is 0 Å². The van der Waals surface area contributed by atoms with Gasteiger partial charge in [0.1, 0.15) is 12.4 Å². The van der Waals surface area contributed by atoms with Crippen LogP contribution in [0.5, 0.6) is 0 Å². The monoisotopic (exact) mass is 246 g/mol. The van der Waals surface area contributed by atoms with Gasteiger partial charge in [-0.2, -0.15) is 0 Å². The molecular formula is C15H15FO2. The van der Waals surface area contributed by atoms with E-state index in [4.69, 9.17) is 4.74 Å². The number of allylic oxidation sites excluding steroid dienone is 4. The third-order valence-electron chi connectivity index (χ3n) is 2.10. The van der Waals surface area contributed by atoms with Crippen molar-refractivity contribution in [2.75, 3.05) is 0 Å². The van der Waals surface area contributed by atoms with Gasteiger partial charge in [0.2, 0.25) is 0 Å². The summed E-state index contributed by atoms with van der Waals surface area (Å²) in [6.45, 7) is 3.62. The average molecular weight is 246 g/mol. The van der Waals surface area contributed by atoms with Crippen LogP contribution in [0, 0.1) is 0 Å². The minimum atomic E-state index is -0.480. The first-order chi connectivity index (χ1) is 8.72. The second kappa shape index (κ2) is 8.01. The van der Waals surface area contributed by atoms with Crippen LogP contribution in [0.25, 0.3) is 0 Å². The molecule has 0 aromatic heterocycles. The van der Waals surface area contributed by atoms with Crippen LogP contribution in [-0.2, 0) is 16.1 Å². The van der Waals surface area contributed by atoms with Crippen LogP contribution in [-0.4, -0.2) is 5.97 Å². The summed E-state index contributed by atoms with van der Waals surface area (Å²) in [6, 6.07) is 9.33. The first kappa shape index (κ1) is 13.9. The van der Waals surface area contributed by atoms with Gasteiger partial charge in [0.15, 0.2) is 0 Å². The van der Waals surface area contributed by atoms with Crippen molar-refractivity contribution in [1.82, 2.24) is 0 Å². The van der Waals surface area contributed by atoms with Crippen LogP contribution in [0.2, 0.25) is 0 Å². The third kappa shape index (κ3) is 5.80. The quantitative estimate of drug-likeness (QED) is 0.565. The highest BCUT2D eigenvalue weighted by molar-refractivity contribution is 5.71. The maximum absolute atomic E-state index is 13.0. The van der Waals surface area contributed by atoms with E-state index >= 15 is 0 Å². The largest absolute Gasteiger partial charge is 0.461 e. The molecule has 94 valence electrons. The number of hydrogen-bond donors (Lipinski definition) is 0. The van der Waals surface area contributed by atoms with E-state index in [1.54, 1.807) is 0 Å². The highest BCUT2D eigenvalue weighted by atomic mass is 19.1. The number of carbonyl (C=O) groups is 1. The molecule has 1 rings (SSSR count). The van der Waals surface area contributed by atoms with Gasteiger partial charge in [0.05, 0.1) is 6.42 Å². The van der Waals surface area contributed by atoms with Gasteiger partial charge >= 0.3 is 5.97 Å². The third-order valence-corrected chi connectivity index (χ3v) is 2.10. The SMILES string of the molecule is C=C/C=C\C(F)=C\CC(=O)OCc1ccccc1.